The van der Waals surface area contributed by atoms with E-state index in [0.29, 0.717) is 5.76 Å². The molecule has 0 aromatic carbocycles. The Labute approximate surface area is 119 Å². The molecule has 0 aliphatic carbocycles. The highest BCUT2D eigenvalue weighted by Gasteiger charge is 2.27. The molecule has 0 aliphatic heterocycles. The Morgan fingerprint density at radius 3 is 2.32 bits per heavy atom. The van der Waals surface area contributed by atoms with E-state index >= 15 is 0 Å². The van der Waals surface area contributed by atoms with Gasteiger partial charge in [-0.15, -0.1) is 0 Å². The van der Waals surface area contributed by atoms with E-state index in [4.69, 9.17) is 13.9 Å². The van der Waals surface area contributed by atoms with Gasteiger partial charge in [0.1, 0.15) is 6.10 Å². The summed E-state index contributed by atoms with van der Waals surface area (Å²) in [5.74, 6) is 0.617. The topological polar surface area (TPSA) is 27.7 Å². The number of methoxy groups -OCH3 is 1. The molecule has 4 heteroatoms. The molecule has 110 valence electrons. The van der Waals surface area contributed by atoms with Crippen LogP contribution in [0.3, 0.4) is 0 Å². The van der Waals surface area contributed by atoms with E-state index in [0.717, 1.165) is 12.8 Å². The van der Waals surface area contributed by atoms with Gasteiger partial charge in [0.2, 0.25) is 0 Å². The molecule has 0 radical (unpaired) electrons. The second-order valence-corrected chi connectivity index (χ2v) is 9.70. The van der Waals surface area contributed by atoms with Crippen molar-refractivity contribution in [3.05, 3.63) is 29.7 Å². The van der Waals surface area contributed by atoms with E-state index in [1.807, 2.05) is 0 Å². The minimum absolute atomic E-state index is 0.187. The molecule has 0 aliphatic rings. The summed E-state index contributed by atoms with van der Waals surface area (Å²) in [6.07, 6.45) is 3.90. The van der Waals surface area contributed by atoms with Crippen LogP contribution in [0.1, 0.15) is 26.7 Å². The Kier molecular flexibility index (Phi) is 8.77. The van der Waals surface area contributed by atoms with Gasteiger partial charge in [0.25, 0.3) is 0 Å². The van der Waals surface area contributed by atoms with E-state index in [-0.39, 0.29) is 12.9 Å². The molecular weight excluding hydrogens is 256 g/mol. The molecule has 0 aromatic heterocycles. The summed E-state index contributed by atoms with van der Waals surface area (Å²) < 4.78 is 16.8. The van der Waals surface area contributed by atoms with Crippen LogP contribution in [0.2, 0.25) is 19.6 Å². The third-order valence-electron chi connectivity index (χ3n) is 2.43. The van der Waals surface area contributed by atoms with Crippen LogP contribution in [-0.2, 0) is 13.9 Å². The van der Waals surface area contributed by atoms with Crippen LogP contribution < -0.4 is 0 Å². The molecule has 1 unspecified atom stereocenters. The van der Waals surface area contributed by atoms with Gasteiger partial charge in [0, 0.05) is 7.11 Å². The standard InChI is InChI=1S/C15H28O3Si/c1-8-11-13(9-2)15(18-19(5,6)7)14(10-3)17-12-16-4/h11,15H,3,8-9,12H2,1-2,4-7H3/b13-11-. The van der Waals surface area contributed by atoms with Gasteiger partial charge in [-0.3, -0.25) is 0 Å². The number of allylic oxidation sites excluding steroid dienone is 1. The summed E-state index contributed by atoms with van der Waals surface area (Å²) in [4.78, 5) is 0. The lowest BCUT2D eigenvalue weighted by atomic mass is 10.0. The van der Waals surface area contributed by atoms with E-state index in [1.54, 1.807) is 7.11 Å². The highest BCUT2D eigenvalue weighted by molar-refractivity contribution is 6.69. The number of hydrogen-bond donors (Lipinski definition) is 0. The average Bonchev–Trinajstić information content (AvgIpc) is 2.34. The molecule has 0 fully saturated rings. The molecule has 0 bridgehead atoms. The van der Waals surface area contributed by atoms with Crippen LogP contribution in [0.25, 0.3) is 0 Å². The minimum atomic E-state index is -1.70. The van der Waals surface area contributed by atoms with Gasteiger partial charge in [0.15, 0.2) is 20.9 Å². The maximum atomic E-state index is 6.24. The summed E-state index contributed by atoms with van der Waals surface area (Å²) in [6, 6.07) is 0. The first-order valence-corrected chi connectivity index (χ1v) is 10.2. The fourth-order valence-corrected chi connectivity index (χ4v) is 2.66. The van der Waals surface area contributed by atoms with Gasteiger partial charge in [-0.25, -0.2) is 0 Å². The highest BCUT2D eigenvalue weighted by Crippen LogP contribution is 2.24. The normalized spacial score (nSPS) is 13.9. The van der Waals surface area contributed by atoms with Crippen molar-refractivity contribution in [2.45, 2.75) is 52.4 Å². The summed E-state index contributed by atoms with van der Waals surface area (Å²) >= 11 is 0. The lowest BCUT2D eigenvalue weighted by molar-refractivity contribution is -0.0118. The Morgan fingerprint density at radius 2 is 1.95 bits per heavy atom. The fourth-order valence-electron chi connectivity index (χ4n) is 1.69. The summed E-state index contributed by atoms with van der Waals surface area (Å²) in [5, 5.41) is 0. The molecule has 19 heavy (non-hydrogen) atoms. The Morgan fingerprint density at radius 1 is 1.32 bits per heavy atom. The third-order valence-corrected chi connectivity index (χ3v) is 3.37. The monoisotopic (exact) mass is 284 g/mol. The predicted molar refractivity (Wildman–Crippen MR) is 82.5 cm³/mol. The van der Waals surface area contributed by atoms with Crippen LogP contribution in [0.15, 0.2) is 29.7 Å². The van der Waals surface area contributed by atoms with Gasteiger partial charge in [0.05, 0.1) is 0 Å². The molecule has 0 N–H and O–H groups in total. The first-order chi connectivity index (χ1) is 8.89. The largest absolute Gasteiger partial charge is 0.461 e. The van der Waals surface area contributed by atoms with Crippen molar-refractivity contribution in [2.24, 2.45) is 0 Å². The second-order valence-electron chi connectivity index (χ2n) is 5.24. The molecule has 0 saturated heterocycles. The van der Waals surface area contributed by atoms with Crippen molar-refractivity contribution < 1.29 is 13.9 Å². The first-order valence-electron chi connectivity index (χ1n) is 6.78. The zero-order valence-corrected chi connectivity index (χ0v) is 14.2. The lowest BCUT2D eigenvalue weighted by Crippen LogP contribution is -2.34. The predicted octanol–water partition coefficient (Wildman–Crippen LogP) is 4.24. The van der Waals surface area contributed by atoms with Gasteiger partial charge in [-0.1, -0.05) is 32.2 Å². The Balaban J connectivity index is 5.24. The van der Waals surface area contributed by atoms with Crippen LogP contribution in [0.4, 0.5) is 0 Å². The Bertz CT molecular complexity index is 336. The van der Waals surface area contributed by atoms with Crippen molar-refractivity contribution in [2.75, 3.05) is 13.9 Å². The van der Waals surface area contributed by atoms with E-state index in [2.05, 4.69) is 51.9 Å². The second kappa shape index (κ2) is 9.16. The third kappa shape index (κ3) is 7.38. The van der Waals surface area contributed by atoms with Crippen molar-refractivity contribution in [1.29, 1.82) is 0 Å². The first kappa shape index (κ1) is 18.2. The van der Waals surface area contributed by atoms with Crippen molar-refractivity contribution in [1.82, 2.24) is 0 Å². The van der Waals surface area contributed by atoms with Crippen LogP contribution in [0, 0.1) is 0 Å². The van der Waals surface area contributed by atoms with Gasteiger partial charge < -0.3 is 13.9 Å². The minimum Gasteiger partial charge on any atom is -0.461 e. The molecule has 0 spiro atoms. The van der Waals surface area contributed by atoms with Gasteiger partial charge >= 0.3 is 0 Å². The Hall–Kier alpha value is -0.803. The molecule has 0 heterocycles. The maximum Gasteiger partial charge on any atom is 0.189 e. The summed E-state index contributed by atoms with van der Waals surface area (Å²) in [6.45, 7) is 14.6. The van der Waals surface area contributed by atoms with Crippen molar-refractivity contribution >= 4 is 8.32 Å². The number of ether oxygens (including phenoxy) is 2. The van der Waals surface area contributed by atoms with E-state index in [1.165, 1.54) is 5.57 Å². The number of rotatable bonds is 9. The molecule has 3 nitrogen and oxygen atoms in total. The number of hydrogen-bond acceptors (Lipinski definition) is 3. The quantitative estimate of drug-likeness (QED) is 0.208. The van der Waals surface area contributed by atoms with E-state index < -0.39 is 8.32 Å². The van der Waals surface area contributed by atoms with Crippen LogP contribution in [-0.4, -0.2) is 28.3 Å². The molecule has 0 rings (SSSR count). The summed E-state index contributed by atoms with van der Waals surface area (Å²) in [5.41, 5.74) is 4.07. The van der Waals surface area contributed by atoms with Crippen LogP contribution >= 0.6 is 0 Å². The van der Waals surface area contributed by atoms with Crippen molar-refractivity contribution in [3.8, 4) is 0 Å². The molecule has 1 atom stereocenters. The van der Waals surface area contributed by atoms with Crippen molar-refractivity contribution in [3.63, 3.8) is 0 Å². The fraction of sp³-hybridized carbons (Fsp3) is 0.667. The highest BCUT2D eigenvalue weighted by atomic mass is 28.4. The molecular formula is C15H28O3Si. The lowest BCUT2D eigenvalue weighted by Gasteiger charge is -2.29. The molecule has 0 saturated carbocycles. The molecule has 0 amide bonds. The SMILES string of the molecule is C=C=C(OCOC)C(O[Si](C)(C)C)/C(=C\CC)CC. The molecule has 0 aromatic rings. The van der Waals surface area contributed by atoms with Crippen LogP contribution in [0.5, 0.6) is 0 Å². The van der Waals surface area contributed by atoms with Gasteiger partial charge in [-0.2, -0.15) is 0 Å². The average molecular weight is 284 g/mol. The zero-order chi connectivity index (χ0) is 14.9. The smallest absolute Gasteiger partial charge is 0.189 e. The maximum absolute atomic E-state index is 6.24. The van der Waals surface area contributed by atoms with Gasteiger partial charge in [-0.05, 0) is 38.1 Å². The van der Waals surface area contributed by atoms with E-state index in [9.17, 15) is 0 Å². The summed E-state index contributed by atoms with van der Waals surface area (Å²) in [7, 11) is -0.102. The zero-order valence-electron chi connectivity index (χ0n) is 13.2.